The summed E-state index contributed by atoms with van der Waals surface area (Å²) in [5, 5.41) is 0. The number of piperazine rings is 1. The Morgan fingerprint density at radius 2 is 1.78 bits per heavy atom. The molecule has 0 unspecified atom stereocenters. The number of nitrogens with zero attached hydrogens (tertiary/aromatic N) is 3. The minimum atomic E-state index is -0.121. The second-order valence-corrected chi connectivity index (χ2v) is 6.57. The lowest BCUT2D eigenvalue weighted by atomic mass is 9.90. The van der Waals surface area contributed by atoms with Crippen LogP contribution in [0.1, 0.15) is 30.5 Å². The van der Waals surface area contributed by atoms with Gasteiger partial charge in [-0.05, 0) is 24.6 Å². The van der Waals surface area contributed by atoms with Gasteiger partial charge in [0, 0.05) is 39.6 Å². The van der Waals surface area contributed by atoms with E-state index in [1.165, 1.54) is 5.56 Å². The number of carbonyl (C=O) groups excluding carboxylic acids is 2. The molecule has 2 amide bonds. The van der Waals surface area contributed by atoms with Crippen LogP contribution in [-0.4, -0.2) is 66.3 Å². The van der Waals surface area contributed by atoms with Crippen molar-refractivity contribution < 1.29 is 9.59 Å². The van der Waals surface area contributed by atoms with Gasteiger partial charge < -0.3 is 14.7 Å². The van der Waals surface area contributed by atoms with Crippen LogP contribution in [0.5, 0.6) is 0 Å². The van der Waals surface area contributed by atoms with Crippen molar-refractivity contribution >= 4 is 11.8 Å². The minimum Gasteiger partial charge on any atom is -0.340 e. The zero-order chi connectivity index (χ0) is 16.4. The second kappa shape index (κ2) is 6.71. The summed E-state index contributed by atoms with van der Waals surface area (Å²) in [6, 6.07) is 8.08. The number of benzene rings is 1. The van der Waals surface area contributed by atoms with Crippen molar-refractivity contribution in [1.29, 1.82) is 0 Å². The summed E-state index contributed by atoms with van der Waals surface area (Å²) in [6.07, 6.45) is 1.26. The fourth-order valence-corrected chi connectivity index (χ4v) is 3.60. The predicted molar refractivity (Wildman–Crippen MR) is 89.0 cm³/mol. The van der Waals surface area contributed by atoms with E-state index in [2.05, 4.69) is 24.1 Å². The quantitative estimate of drug-likeness (QED) is 0.826. The summed E-state index contributed by atoms with van der Waals surface area (Å²) >= 11 is 0. The van der Waals surface area contributed by atoms with Gasteiger partial charge in [0.2, 0.25) is 11.8 Å². The number of fused-ring (bicyclic) bond motifs is 1. The van der Waals surface area contributed by atoms with Crippen LogP contribution >= 0.6 is 0 Å². The third-order valence-electron chi connectivity index (χ3n) is 5.04. The Labute approximate surface area is 137 Å². The third kappa shape index (κ3) is 3.39. The maximum absolute atomic E-state index is 12.7. The van der Waals surface area contributed by atoms with Gasteiger partial charge in [-0.2, -0.15) is 0 Å². The predicted octanol–water partition coefficient (Wildman–Crippen LogP) is 1.30. The highest BCUT2D eigenvalue weighted by Crippen LogP contribution is 2.32. The zero-order valence-corrected chi connectivity index (χ0v) is 14.0. The molecule has 2 aliphatic heterocycles. The van der Waals surface area contributed by atoms with Crippen LogP contribution in [-0.2, 0) is 16.0 Å². The largest absolute Gasteiger partial charge is 0.340 e. The van der Waals surface area contributed by atoms with Gasteiger partial charge in [-0.1, -0.05) is 24.3 Å². The smallest absolute Gasteiger partial charge is 0.225 e. The van der Waals surface area contributed by atoms with E-state index in [0.717, 1.165) is 38.2 Å². The molecule has 0 N–H and O–H groups in total. The highest BCUT2D eigenvalue weighted by molar-refractivity contribution is 5.80. The van der Waals surface area contributed by atoms with Crippen LogP contribution in [0.25, 0.3) is 0 Å². The number of amides is 2. The zero-order valence-electron chi connectivity index (χ0n) is 14.0. The molecule has 2 heterocycles. The first-order chi connectivity index (χ1) is 11.1. The standard InChI is InChI=1S/C18H25N3O2/c1-14(22)21-8-7-15-5-3-4-6-16(15)17(21)13-18(23)20-11-9-19(2)10-12-20/h3-6,17H,7-13H2,1-2H3/t17-/m1/s1. The Balaban J connectivity index is 1.78. The van der Waals surface area contributed by atoms with E-state index < -0.39 is 0 Å². The molecule has 0 saturated carbocycles. The van der Waals surface area contributed by atoms with E-state index in [1.807, 2.05) is 21.9 Å². The molecular weight excluding hydrogens is 290 g/mol. The number of rotatable bonds is 2. The molecule has 0 aliphatic carbocycles. The summed E-state index contributed by atoms with van der Waals surface area (Å²) in [7, 11) is 2.08. The summed E-state index contributed by atoms with van der Waals surface area (Å²) < 4.78 is 0. The summed E-state index contributed by atoms with van der Waals surface area (Å²) in [5.41, 5.74) is 2.40. The van der Waals surface area contributed by atoms with Gasteiger partial charge in [-0.25, -0.2) is 0 Å². The Morgan fingerprint density at radius 3 is 2.48 bits per heavy atom. The van der Waals surface area contributed by atoms with E-state index in [0.29, 0.717) is 13.0 Å². The van der Waals surface area contributed by atoms with Crippen molar-refractivity contribution in [2.24, 2.45) is 0 Å². The summed E-state index contributed by atoms with van der Waals surface area (Å²) in [5.74, 6) is 0.210. The molecule has 1 aromatic carbocycles. The van der Waals surface area contributed by atoms with Crippen LogP contribution in [0.15, 0.2) is 24.3 Å². The molecular formula is C18H25N3O2. The van der Waals surface area contributed by atoms with Crippen molar-refractivity contribution in [2.75, 3.05) is 39.8 Å². The van der Waals surface area contributed by atoms with Gasteiger partial charge in [0.15, 0.2) is 0 Å². The molecule has 5 nitrogen and oxygen atoms in total. The van der Waals surface area contributed by atoms with Gasteiger partial charge >= 0.3 is 0 Å². The molecule has 0 spiro atoms. The van der Waals surface area contributed by atoms with Crippen molar-refractivity contribution in [1.82, 2.24) is 14.7 Å². The van der Waals surface area contributed by atoms with E-state index in [9.17, 15) is 9.59 Å². The van der Waals surface area contributed by atoms with Crippen LogP contribution < -0.4 is 0 Å². The van der Waals surface area contributed by atoms with E-state index >= 15 is 0 Å². The Kier molecular flexibility index (Phi) is 4.66. The Morgan fingerprint density at radius 1 is 1.09 bits per heavy atom. The maximum atomic E-state index is 12.7. The van der Waals surface area contributed by atoms with Crippen molar-refractivity contribution in [2.45, 2.75) is 25.8 Å². The molecule has 1 fully saturated rings. The Bertz CT molecular complexity index is 594. The summed E-state index contributed by atoms with van der Waals surface area (Å²) in [6.45, 7) is 5.70. The lowest BCUT2D eigenvalue weighted by Gasteiger charge is -2.38. The lowest BCUT2D eigenvalue weighted by Crippen LogP contribution is -2.48. The van der Waals surface area contributed by atoms with Gasteiger partial charge in [-0.3, -0.25) is 9.59 Å². The fourth-order valence-electron chi connectivity index (χ4n) is 3.60. The molecule has 5 heteroatoms. The number of carbonyl (C=O) groups is 2. The van der Waals surface area contributed by atoms with E-state index in [-0.39, 0.29) is 17.9 Å². The van der Waals surface area contributed by atoms with Gasteiger partial charge in [-0.15, -0.1) is 0 Å². The monoisotopic (exact) mass is 315 g/mol. The highest BCUT2D eigenvalue weighted by Gasteiger charge is 2.32. The van der Waals surface area contributed by atoms with Crippen LogP contribution in [0.3, 0.4) is 0 Å². The van der Waals surface area contributed by atoms with E-state index in [4.69, 9.17) is 0 Å². The van der Waals surface area contributed by atoms with Crippen molar-refractivity contribution in [3.63, 3.8) is 0 Å². The van der Waals surface area contributed by atoms with Crippen molar-refractivity contribution in [3.8, 4) is 0 Å². The second-order valence-electron chi connectivity index (χ2n) is 6.57. The molecule has 0 aromatic heterocycles. The normalized spacial score (nSPS) is 21.9. The molecule has 0 bridgehead atoms. The average Bonchev–Trinajstić information content (AvgIpc) is 2.55. The minimum absolute atomic E-state index is 0.0516. The highest BCUT2D eigenvalue weighted by atomic mass is 16.2. The average molecular weight is 315 g/mol. The van der Waals surface area contributed by atoms with Crippen LogP contribution in [0.2, 0.25) is 0 Å². The first-order valence-corrected chi connectivity index (χ1v) is 8.37. The lowest BCUT2D eigenvalue weighted by molar-refractivity contribution is -0.137. The number of likely N-dealkylation sites (N-methyl/N-ethyl adjacent to an activating group) is 1. The van der Waals surface area contributed by atoms with Gasteiger partial charge in [0.25, 0.3) is 0 Å². The van der Waals surface area contributed by atoms with Crippen LogP contribution in [0, 0.1) is 0 Å². The summed E-state index contributed by atoms with van der Waals surface area (Å²) in [4.78, 5) is 30.8. The first kappa shape index (κ1) is 16.0. The molecule has 23 heavy (non-hydrogen) atoms. The fraction of sp³-hybridized carbons (Fsp3) is 0.556. The molecule has 124 valence electrons. The van der Waals surface area contributed by atoms with Crippen LogP contribution in [0.4, 0.5) is 0 Å². The molecule has 1 saturated heterocycles. The first-order valence-electron chi connectivity index (χ1n) is 8.37. The van der Waals surface area contributed by atoms with Crippen molar-refractivity contribution in [3.05, 3.63) is 35.4 Å². The van der Waals surface area contributed by atoms with E-state index in [1.54, 1.807) is 6.92 Å². The topological polar surface area (TPSA) is 43.9 Å². The number of hydrogen-bond acceptors (Lipinski definition) is 3. The SMILES string of the molecule is CC(=O)N1CCc2ccccc2[C@H]1CC(=O)N1CCN(C)CC1. The molecule has 2 aliphatic rings. The molecule has 1 atom stereocenters. The van der Waals surface area contributed by atoms with Gasteiger partial charge in [0.1, 0.15) is 0 Å². The Hall–Kier alpha value is -1.88. The molecule has 0 radical (unpaired) electrons. The molecule has 1 aromatic rings. The molecule has 3 rings (SSSR count). The third-order valence-corrected chi connectivity index (χ3v) is 5.04. The maximum Gasteiger partial charge on any atom is 0.225 e. The van der Waals surface area contributed by atoms with Gasteiger partial charge in [0.05, 0.1) is 12.5 Å². The number of hydrogen-bond donors (Lipinski definition) is 0.